The maximum atomic E-state index is 13.7. The standard InChI is InChI=1S/C16H16BrFO2/c1-20-16(11-5-3-2-4-6-11)15(19)10-12-9-13(17)7-8-14(12)18/h2-9,15-16,19H,10H2,1H3. The van der Waals surface area contributed by atoms with Crippen LogP contribution in [0.4, 0.5) is 4.39 Å². The van der Waals surface area contributed by atoms with Crippen LogP contribution < -0.4 is 0 Å². The van der Waals surface area contributed by atoms with Crippen LogP contribution in [-0.4, -0.2) is 18.3 Å². The Morgan fingerprint density at radius 1 is 1.20 bits per heavy atom. The maximum Gasteiger partial charge on any atom is 0.126 e. The number of halogens is 2. The molecular weight excluding hydrogens is 323 g/mol. The monoisotopic (exact) mass is 338 g/mol. The lowest BCUT2D eigenvalue weighted by atomic mass is 9.98. The molecule has 2 aromatic carbocycles. The Morgan fingerprint density at radius 2 is 1.90 bits per heavy atom. The maximum absolute atomic E-state index is 13.7. The molecule has 2 nitrogen and oxygen atoms in total. The summed E-state index contributed by atoms with van der Waals surface area (Å²) in [6, 6.07) is 14.1. The zero-order valence-electron chi connectivity index (χ0n) is 11.1. The topological polar surface area (TPSA) is 29.5 Å². The largest absolute Gasteiger partial charge is 0.390 e. The molecule has 0 amide bonds. The van der Waals surface area contributed by atoms with Crippen LogP contribution in [0.2, 0.25) is 0 Å². The molecule has 2 aromatic rings. The van der Waals surface area contributed by atoms with Gasteiger partial charge in [-0.15, -0.1) is 0 Å². The number of rotatable bonds is 5. The highest BCUT2D eigenvalue weighted by Crippen LogP contribution is 2.25. The van der Waals surface area contributed by atoms with E-state index in [0.717, 1.165) is 10.0 Å². The van der Waals surface area contributed by atoms with Crippen LogP contribution in [-0.2, 0) is 11.2 Å². The third-order valence-electron chi connectivity index (χ3n) is 3.17. The van der Waals surface area contributed by atoms with Crippen molar-refractivity contribution in [2.24, 2.45) is 0 Å². The van der Waals surface area contributed by atoms with E-state index in [1.165, 1.54) is 13.2 Å². The van der Waals surface area contributed by atoms with Crippen molar-refractivity contribution in [2.75, 3.05) is 7.11 Å². The first-order valence-electron chi connectivity index (χ1n) is 6.31. The highest BCUT2D eigenvalue weighted by molar-refractivity contribution is 9.10. The van der Waals surface area contributed by atoms with Crippen LogP contribution in [0.3, 0.4) is 0 Å². The normalized spacial score (nSPS) is 14.0. The zero-order valence-corrected chi connectivity index (χ0v) is 12.7. The molecule has 106 valence electrons. The summed E-state index contributed by atoms with van der Waals surface area (Å²) in [4.78, 5) is 0. The molecule has 0 bridgehead atoms. The Bertz CT molecular complexity index is 560. The second-order valence-electron chi connectivity index (χ2n) is 4.57. The van der Waals surface area contributed by atoms with Crippen LogP contribution >= 0.6 is 15.9 Å². The van der Waals surface area contributed by atoms with Gasteiger partial charge in [0.25, 0.3) is 0 Å². The van der Waals surface area contributed by atoms with Crippen LogP contribution in [0.15, 0.2) is 53.0 Å². The van der Waals surface area contributed by atoms with E-state index in [4.69, 9.17) is 4.74 Å². The number of ether oxygens (including phenoxy) is 1. The van der Waals surface area contributed by atoms with Gasteiger partial charge in [0, 0.05) is 18.0 Å². The number of hydrogen-bond acceptors (Lipinski definition) is 2. The van der Waals surface area contributed by atoms with E-state index in [1.54, 1.807) is 12.1 Å². The number of benzene rings is 2. The molecule has 0 saturated carbocycles. The van der Waals surface area contributed by atoms with E-state index < -0.39 is 12.2 Å². The predicted octanol–water partition coefficient (Wildman–Crippen LogP) is 3.88. The summed E-state index contributed by atoms with van der Waals surface area (Å²) in [7, 11) is 1.54. The van der Waals surface area contributed by atoms with E-state index in [0.29, 0.717) is 5.56 Å². The second-order valence-corrected chi connectivity index (χ2v) is 5.49. The third-order valence-corrected chi connectivity index (χ3v) is 3.66. The summed E-state index contributed by atoms with van der Waals surface area (Å²) in [5, 5.41) is 10.3. The van der Waals surface area contributed by atoms with Gasteiger partial charge in [-0.2, -0.15) is 0 Å². The van der Waals surface area contributed by atoms with E-state index in [9.17, 15) is 9.50 Å². The van der Waals surface area contributed by atoms with Crippen molar-refractivity contribution in [3.05, 3.63) is 69.9 Å². The van der Waals surface area contributed by atoms with Crippen LogP contribution in [0.1, 0.15) is 17.2 Å². The van der Waals surface area contributed by atoms with E-state index in [2.05, 4.69) is 15.9 Å². The van der Waals surface area contributed by atoms with Crippen molar-refractivity contribution in [1.29, 1.82) is 0 Å². The molecule has 0 aliphatic carbocycles. The van der Waals surface area contributed by atoms with Crippen molar-refractivity contribution in [2.45, 2.75) is 18.6 Å². The van der Waals surface area contributed by atoms with Gasteiger partial charge in [0.05, 0.1) is 6.10 Å². The number of aliphatic hydroxyl groups excluding tert-OH is 1. The van der Waals surface area contributed by atoms with Gasteiger partial charge in [0.1, 0.15) is 11.9 Å². The lowest BCUT2D eigenvalue weighted by Crippen LogP contribution is -2.23. The number of methoxy groups -OCH3 is 1. The fourth-order valence-electron chi connectivity index (χ4n) is 2.19. The average Bonchev–Trinajstić information content (AvgIpc) is 2.45. The van der Waals surface area contributed by atoms with Crippen molar-refractivity contribution >= 4 is 15.9 Å². The van der Waals surface area contributed by atoms with Crippen molar-refractivity contribution in [3.8, 4) is 0 Å². The summed E-state index contributed by atoms with van der Waals surface area (Å²) < 4.78 is 19.9. The molecule has 0 aliphatic heterocycles. The van der Waals surface area contributed by atoms with Crippen LogP contribution in [0, 0.1) is 5.82 Å². The van der Waals surface area contributed by atoms with Crippen LogP contribution in [0.25, 0.3) is 0 Å². The number of aliphatic hydroxyl groups is 1. The molecule has 1 N–H and O–H groups in total. The molecule has 2 unspecified atom stereocenters. The molecule has 2 atom stereocenters. The van der Waals surface area contributed by atoms with E-state index in [1.807, 2.05) is 30.3 Å². The Balaban J connectivity index is 2.17. The third kappa shape index (κ3) is 3.66. The van der Waals surface area contributed by atoms with Gasteiger partial charge >= 0.3 is 0 Å². The molecule has 0 aliphatic rings. The van der Waals surface area contributed by atoms with Gasteiger partial charge in [-0.3, -0.25) is 0 Å². The quantitative estimate of drug-likeness (QED) is 0.896. The molecule has 0 heterocycles. The fraction of sp³-hybridized carbons (Fsp3) is 0.250. The molecule has 0 aromatic heterocycles. The molecule has 0 spiro atoms. The molecule has 20 heavy (non-hydrogen) atoms. The summed E-state index contributed by atoms with van der Waals surface area (Å²) in [6.45, 7) is 0. The van der Waals surface area contributed by atoms with Gasteiger partial charge in [0.15, 0.2) is 0 Å². The minimum absolute atomic E-state index is 0.193. The summed E-state index contributed by atoms with van der Waals surface area (Å²) in [5.41, 5.74) is 1.34. The first kappa shape index (κ1) is 15.2. The van der Waals surface area contributed by atoms with Gasteiger partial charge in [-0.1, -0.05) is 46.3 Å². The highest BCUT2D eigenvalue weighted by atomic mass is 79.9. The molecule has 0 saturated heterocycles. The Labute approximate surface area is 126 Å². The van der Waals surface area contributed by atoms with Gasteiger partial charge in [-0.05, 0) is 29.3 Å². The van der Waals surface area contributed by atoms with E-state index >= 15 is 0 Å². The second kappa shape index (κ2) is 6.97. The highest BCUT2D eigenvalue weighted by Gasteiger charge is 2.22. The molecule has 2 rings (SSSR count). The summed E-state index contributed by atoms with van der Waals surface area (Å²) in [5.74, 6) is -0.324. The lowest BCUT2D eigenvalue weighted by molar-refractivity contribution is -0.0132. The molecule has 0 radical (unpaired) electrons. The fourth-order valence-corrected chi connectivity index (χ4v) is 2.60. The van der Waals surface area contributed by atoms with Crippen LogP contribution in [0.5, 0.6) is 0 Å². The minimum Gasteiger partial charge on any atom is -0.390 e. The van der Waals surface area contributed by atoms with Crippen molar-refractivity contribution in [1.82, 2.24) is 0 Å². The van der Waals surface area contributed by atoms with Gasteiger partial charge < -0.3 is 9.84 Å². The lowest BCUT2D eigenvalue weighted by Gasteiger charge is -2.22. The van der Waals surface area contributed by atoms with Crippen molar-refractivity contribution < 1.29 is 14.2 Å². The minimum atomic E-state index is -0.814. The summed E-state index contributed by atoms with van der Waals surface area (Å²) >= 11 is 3.31. The first-order valence-corrected chi connectivity index (χ1v) is 7.11. The SMILES string of the molecule is COC(c1ccccc1)C(O)Cc1cc(Br)ccc1F. The summed E-state index contributed by atoms with van der Waals surface area (Å²) in [6.07, 6.45) is -1.10. The smallest absolute Gasteiger partial charge is 0.126 e. The number of hydrogen-bond donors (Lipinski definition) is 1. The Hall–Kier alpha value is -1.23. The average molecular weight is 339 g/mol. The van der Waals surface area contributed by atoms with E-state index in [-0.39, 0.29) is 12.2 Å². The van der Waals surface area contributed by atoms with Gasteiger partial charge in [0.2, 0.25) is 0 Å². The predicted molar refractivity (Wildman–Crippen MR) is 80.0 cm³/mol. The Kier molecular flexibility index (Phi) is 5.29. The molecule has 0 fully saturated rings. The zero-order chi connectivity index (χ0) is 14.5. The Morgan fingerprint density at radius 3 is 2.55 bits per heavy atom. The molecular formula is C16H16BrFO2. The van der Waals surface area contributed by atoms with Gasteiger partial charge in [-0.25, -0.2) is 4.39 Å². The first-order chi connectivity index (χ1) is 9.61. The van der Waals surface area contributed by atoms with Crippen molar-refractivity contribution in [3.63, 3.8) is 0 Å². The molecule has 4 heteroatoms.